The molecule has 164 valence electrons. The number of rotatable bonds is 6. The average molecular weight is 418 g/mol. The Kier molecular flexibility index (Phi) is 7.13. The fourth-order valence-corrected chi connectivity index (χ4v) is 4.68. The quantitative estimate of drug-likeness (QED) is 0.610. The molecule has 0 unspecified atom stereocenters. The Labute approximate surface area is 186 Å². The van der Waals surface area contributed by atoms with Gasteiger partial charge in [0.25, 0.3) is 0 Å². The lowest BCUT2D eigenvalue weighted by Gasteiger charge is -2.23. The number of piperidine rings is 1. The van der Waals surface area contributed by atoms with Crippen molar-refractivity contribution < 1.29 is 0 Å². The van der Waals surface area contributed by atoms with Gasteiger partial charge in [0.15, 0.2) is 0 Å². The van der Waals surface area contributed by atoms with Crippen LogP contribution in [0.1, 0.15) is 69.2 Å². The summed E-state index contributed by atoms with van der Waals surface area (Å²) in [6.45, 7) is 8.60. The number of nitrogens with zero attached hydrogens (tertiary/aromatic N) is 3. The van der Waals surface area contributed by atoms with Crippen molar-refractivity contribution in [2.75, 3.05) is 18.4 Å². The summed E-state index contributed by atoms with van der Waals surface area (Å²) in [5.74, 6) is 1.27. The van der Waals surface area contributed by atoms with E-state index in [0.29, 0.717) is 12.0 Å². The van der Waals surface area contributed by atoms with Crippen LogP contribution in [0.3, 0.4) is 0 Å². The molecule has 0 radical (unpaired) electrons. The summed E-state index contributed by atoms with van der Waals surface area (Å²) in [4.78, 5) is 14.6. The van der Waals surface area contributed by atoms with Crippen LogP contribution in [-0.4, -0.2) is 34.8 Å². The van der Waals surface area contributed by atoms with Crippen molar-refractivity contribution in [1.29, 1.82) is 0 Å². The molecule has 0 bridgehead atoms. The van der Waals surface area contributed by atoms with Gasteiger partial charge in [-0.05, 0) is 77.6 Å². The van der Waals surface area contributed by atoms with Gasteiger partial charge >= 0.3 is 0 Å². The highest BCUT2D eigenvalue weighted by Crippen LogP contribution is 2.29. The summed E-state index contributed by atoms with van der Waals surface area (Å²) in [6, 6.07) is 11.1. The molecular formula is C26H35N5. The fourth-order valence-electron chi connectivity index (χ4n) is 4.68. The zero-order valence-electron chi connectivity index (χ0n) is 19.1. The van der Waals surface area contributed by atoms with Gasteiger partial charge in [-0.2, -0.15) is 0 Å². The smallest absolute Gasteiger partial charge is 0.223 e. The molecule has 1 aliphatic carbocycles. The lowest BCUT2D eigenvalue weighted by molar-refractivity contribution is 0.455. The van der Waals surface area contributed by atoms with Crippen LogP contribution in [-0.2, 0) is 0 Å². The van der Waals surface area contributed by atoms with E-state index in [-0.39, 0.29) is 0 Å². The second-order valence-electron chi connectivity index (χ2n) is 9.01. The molecular weight excluding hydrogens is 382 g/mol. The van der Waals surface area contributed by atoms with Crippen molar-refractivity contribution in [3.05, 3.63) is 53.3 Å². The van der Waals surface area contributed by atoms with Gasteiger partial charge < -0.3 is 10.6 Å². The summed E-state index contributed by atoms with van der Waals surface area (Å²) in [6.07, 6.45) is 9.15. The van der Waals surface area contributed by atoms with Gasteiger partial charge in [0.05, 0.1) is 11.4 Å². The number of aryl methyl sites for hydroxylation is 1. The number of anilines is 1. The number of aliphatic imine (C=N–C) groups is 1. The lowest BCUT2D eigenvalue weighted by atomic mass is 9.93. The summed E-state index contributed by atoms with van der Waals surface area (Å²) in [7, 11) is 0. The third-order valence-electron chi connectivity index (χ3n) is 6.59. The molecule has 1 aromatic carbocycles. The van der Waals surface area contributed by atoms with E-state index < -0.39 is 0 Å². The molecule has 2 aliphatic rings. The van der Waals surface area contributed by atoms with Crippen LogP contribution in [0.2, 0.25) is 0 Å². The Morgan fingerprint density at radius 2 is 1.84 bits per heavy atom. The van der Waals surface area contributed by atoms with Gasteiger partial charge in [-0.15, -0.1) is 0 Å². The number of benzene rings is 1. The number of aromatic nitrogens is 2. The van der Waals surface area contributed by atoms with Crippen molar-refractivity contribution >= 4 is 22.9 Å². The first-order chi connectivity index (χ1) is 15.1. The number of nitrogens with one attached hydrogen (secondary N) is 2. The van der Waals surface area contributed by atoms with Crippen molar-refractivity contribution in [3.8, 4) is 0 Å². The van der Waals surface area contributed by atoms with Gasteiger partial charge in [0, 0.05) is 29.1 Å². The Balaban J connectivity index is 1.70. The van der Waals surface area contributed by atoms with E-state index in [4.69, 9.17) is 9.98 Å². The van der Waals surface area contributed by atoms with Gasteiger partial charge in [0.1, 0.15) is 0 Å². The van der Waals surface area contributed by atoms with Crippen molar-refractivity contribution in [2.24, 2.45) is 10.9 Å². The van der Waals surface area contributed by atoms with Crippen LogP contribution in [0.25, 0.3) is 11.3 Å². The van der Waals surface area contributed by atoms with Crippen molar-refractivity contribution in [1.82, 2.24) is 15.3 Å². The predicted molar refractivity (Wildman–Crippen MR) is 130 cm³/mol. The fraction of sp³-hybridized carbons (Fsp3) is 0.500. The van der Waals surface area contributed by atoms with E-state index in [0.717, 1.165) is 54.4 Å². The summed E-state index contributed by atoms with van der Waals surface area (Å²) < 4.78 is 0. The monoisotopic (exact) mass is 417 g/mol. The van der Waals surface area contributed by atoms with Gasteiger partial charge in [-0.1, -0.05) is 36.6 Å². The second kappa shape index (κ2) is 10.2. The van der Waals surface area contributed by atoms with Crippen molar-refractivity contribution in [3.63, 3.8) is 0 Å². The minimum absolute atomic E-state index is 0.496. The molecule has 0 amide bonds. The molecule has 4 rings (SSSR count). The van der Waals surface area contributed by atoms with Gasteiger partial charge in [-0.3, -0.25) is 4.99 Å². The third kappa shape index (κ3) is 5.59. The maximum absolute atomic E-state index is 5.21. The SMILES string of the molecule is CC(=N/C(=C(\C)c1ccnc(NC2CCCC2)n1)c1cccc(C)c1)C1CCNCC1. The van der Waals surface area contributed by atoms with E-state index in [9.17, 15) is 0 Å². The first kappa shape index (κ1) is 21.7. The van der Waals surface area contributed by atoms with Crippen LogP contribution in [0.15, 0.2) is 41.5 Å². The van der Waals surface area contributed by atoms with E-state index in [1.807, 2.05) is 12.3 Å². The van der Waals surface area contributed by atoms with Gasteiger partial charge in [-0.25, -0.2) is 9.97 Å². The largest absolute Gasteiger partial charge is 0.351 e. The molecule has 0 spiro atoms. The lowest BCUT2D eigenvalue weighted by Crippen LogP contribution is -2.31. The van der Waals surface area contributed by atoms with Crippen LogP contribution in [0.5, 0.6) is 0 Å². The first-order valence-corrected chi connectivity index (χ1v) is 11.7. The molecule has 2 heterocycles. The maximum atomic E-state index is 5.21. The van der Waals surface area contributed by atoms with Crippen molar-refractivity contribution in [2.45, 2.75) is 65.3 Å². The molecule has 0 atom stereocenters. The zero-order chi connectivity index (χ0) is 21.6. The topological polar surface area (TPSA) is 62.2 Å². The standard InChI is InChI=1S/C26H35N5/c1-18-7-6-8-22(17-18)25(29-20(3)21-11-14-27-15-12-21)19(2)24-13-16-28-26(31-24)30-23-9-4-5-10-23/h6-8,13,16-17,21,23,27H,4-5,9-12,14-15H2,1-3H3,(H,28,30,31)/b25-19+,29-20?. The third-order valence-corrected chi connectivity index (χ3v) is 6.59. The minimum Gasteiger partial charge on any atom is -0.351 e. The van der Waals surface area contributed by atoms with E-state index in [2.05, 4.69) is 60.7 Å². The molecule has 31 heavy (non-hydrogen) atoms. The van der Waals surface area contributed by atoms with E-state index in [1.165, 1.54) is 37.0 Å². The molecule has 5 nitrogen and oxygen atoms in total. The normalized spacial score (nSPS) is 19.4. The highest BCUT2D eigenvalue weighted by atomic mass is 15.1. The molecule has 1 saturated heterocycles. The van der Waals surface area contributed by atoms with Crippen LogP contribution >= 0.6 is 0 Å². The molecule has 5 heteroatoms. The molecule has 2 N–H and O–H groups in total. The van der Waals surface area contributed by atoms with Crippen LogP contribution in [0, 0.1) is 12.8 Å². The first-order valence-electron chi connectivity index (χ1n) is 11.7. The zero-order valence-corrected chi connectivity index (χ0v) is 19.1. The Hall–Kier alpha value is -2.53. The number of allylic oxidation sites excluding steroid dienone is 1. The molecule has 1 saturated carbocycles. The summed E-state index contributed by atoms with van der Waals surface area (Å²) >= 11 is 0. The number of hydrogen-bond donors (Lipinski definition) is 2. The van der Waals surface area contributed by atoms with Crippen LogP contribution < -0.4 is 10.6 Å². The highest BCUT2D eigenvalue weighted by molar-refractivity contribution is 5.96. The molecule has 1 aliphatic heterocycles. The highest BCUT2D eigenvalue weighted by Gasteiger charge is 2.19. The maximum Gasteiger partial charge on any atom is 0.223 e. The van der Waals surface area contributed by atoms with Crippen LogP contribution in [0.4, 0.5) is 5.95 Å². The summed E-state index contributed by atoms with van der Waals surface area (Å²) in [5.41, 5.74) is 6.66. The summed E-state index contributed by atoms with van der Waals surface area (Å²) in [5, 5.41) is 6.98. The Bertz CT molecular complexity index is 950. The molecule has 2 fully saturated rings. The minimum atomic E-state index is 0.496. The molecule has 2 aromatic rings. The second-order valence-corrected chi connectivity index (χ2v) is 9.01. The number of hydrogen-bond acceptors (Lipinski definition) is 5. The van der Waals surface area contributed by atoms with E-state index in [1.54, 1.807) is 0 Å². The Morgan fingerprint density at radius 1 is 1.06 bits per heavy atom. The average Bonchev–Trinajstić information content (AvgIpc) is 3.30. The predicted octanol–water partition coefficient (Wildman–Crippen LogP) is 5.49. The Morgan fingerprint density at radius 3 is 2.58 bits per heavy atom. The van der Waals surface area contributed by atoms with Gasteiger partial charge in [0.2, 0.25) is 5.95 Å². The molecule has 1 aromatic heterocycles. The van der Waals surface area contributed by atoms with E-state index >= 15 is 0 Å².